The van der Waals surface area contributed by atoms with Crippen LogP contribution in [-0.2, 0) is 16.1 Å². The number of carbonyl (C=O) groups is 2. The lowest BCUT2D eigenvalue weighted by molar-refractivity contribution is -0.131. The Morgan fingerprint density at radius 1 is 1.03 bits per heavy atom. The number of likely N-dealkylation sites (tertiary alicyclic amines) is 2. The summed E-state index contributed by atoms with van der Waals surface area (Å²) in [6.45, 7) is 4.99. The number of halogens is 2. The van der Waals surface area contributed by atoms with Crippen LogP contribution in [0.1, 0.15) is 37.7 Å². The van der Waals surface area contributed by atoms with E-state index in [0.29, 0.717) is 18.9 Å². The second-order valence-corrected chi connectivity index (χ2v) is 8.17. The fraction of sp³-hybridized carbons (Fsp3) is 0.636. The van der Waals surface area contributed by atoms with Gasteiger partial charge in [-0.05, 0) is 44.2 Å². The molecule has 0 spiro atoms. The van der Waals surface area contributed by atoms with Gasteiger partial charge in [0.15, 0.2) is 0 Å². The summed E-state index contributed by atoms with van der Waals surface area (Å²) in [6.07, 6.45) is 4.59. The van der Waals surface area contributed by atoms with Crippen LogP contribution in [-0.4, -0.2) is 67.4 Å². The van der Waals surface area contributed by atoms with Gasteiger partial charge >= 0.3 is 0 Å². The molecule has 1 atom stereocenters. The van der Waals surface area contributed by atoms with Gasteiger partial charge in [0.05, 0.1) is 6.54 Å². The Kier molecular flexibility index (Phi) is 12.3. The second kappa shape index (κ2) is 13.9. The van der Waals surface area contributed by atoms with E-state index in [-0.39, 0.29) is 42.7 Å². The molecule has 0 aromatic heterocycles. The maximum Gasteiger partial charge on any atom is 0.236 e. The highest BCUT2D eigenvalue weighted by Crippen LogP contribution is 2.22. The fourth-order valence-corrected chi connectivity index (χ4v) is 4.30. The van der Waals surface area contributed by atoms with Gasteiger partial charge in [-0.3, -0.25) is 14.5 Å². The molecule has 2 aliphatic rings. The monoisotopic (exact) mass is 458 g/mol. The van der Waals surface area contributed by atoms with E-state index >= 15 is 0 Å². The van der Waals surface area contributed by atoms with Gasteiger partial charge in [0.2, 0.25) is 11.8 Å². The zero-order valence-electron chi connectivity index (χ0n) is 17.8. The van der Waals surface area contributed by atoms with E-state index in [0.717, 1.165) is 58.4 Å². The standard InChI is InChI=1S/C22H34N4O2.2ClH/c1-23-15-22(28)26-13-9-18(10-14-26)7-8-21(27)24-20-11-12-25(17-20)16-19-5-3-2-4-6-19;;/h2-6,18,20,23H,7-17H2,1H3,(H,24,27);2*1H. The van der Waals surface area contributed by atoms with E-state index in [9.17, 15) is 9.59 Å². The van der Waals surface area contributed by atoms with E-state index in [2.05, 4.69) is 39.8 Å². The van der Waals surface area contributed by atoms with Crippen molar-refractivity contribution in [3.63, 3.8) is 0 Å². The summed E-state index contributed by atoms with van der Waals surface area (Å²) < 4.78 is 0. The minimum atomic E-state index is 0. The van der Waals surface area contributed by atoms with Crippen LogP contribution in [0.3, 0.4) is 0 Å². The first-order valence-corrected chi connectivity index (χ1v) is 10.6. The zero-order valence-corrected chi connectivity index (χ0v) is 19.5. The third kappa shape index (κ3) is 8.42. The average molecular weight is 459 g/mol. The minimum Gasteiger partial charge on any atom is -0.352 e. The number of carbonyl (C=O) groups excluding carboxylic acids is 2. The van der Waals surface area contributed by atoms with Crippen molar-refractivity contribution < 1.29 is 9.59 Å². The van der Waals surface area contributed by atoms with Crippen molar-refractivity contribution in [3.8, 4) is 0 Å². The molecule has 1 unspecified atom stereocenters. The molecule has 1 aromatic carbocycles. The van der Waals surface area contributed by atoms with E-state index in [1.807, 2.05) is 11.0 Å². The Morgan fingerprint density at radius 2 is 1.73 bits per heavy atom. The smallest absolute Gasteiger partial charge is 0.236 e. The molecular weight excluding hydrogens is 423 g/mol. The molecule has 2 amide bonds. The normalized spacial score (nSPS) is 19.6. The largest absolute Gasteiger partial charge is 0.352 e. The van der Waals surface area contributed by atoms with Gasteiger partial charge in [0.25, 0.3) is 0 Å². The number of hydrogen-bond acceptors (Lipinski definition) is 4. The lowest BCUT2D eigenvalue weighted by atomic mass is 9.92. The zero-order chi connectivity index (χ0) is 19.8. The molecule has 2 heterocycles. The molecule has 1 aromatic rings. The molecule has 170 valence electrons. The molecule has 2 aliphatic heterocycles. The van der Waals surface area contributed by atoms with Crippen LogP contribution in [0.15, 0.2) is 30.3 Å². The van der Waals surface area contributed by atoms with Gasteiger partial charge in [-0.2, -0.15) is 0 Å². The van der Waals surface area contributed by atoms with Gasteiger partial charge in [-0.1, -0.05) is 30.3 Å². The summed E-state index contributed by atoms with van der Waals surface area (Å²) in [5.41, 5.74) is 1.33. The van der Waals surface area contributed by atoms with Crippen molar-refractivity contribution in [2.24, 2.45) is 5.92 Å². The highest BCUT2D eigenvalue weighted by atomic mass is 35.5. The fourth-order valence-electron chi connectivity index (χ4n) is 4.30. The van der Waals surface area contributed by atoms with E-state index in [1.165, 1.54) is 5.56 Å². The highest BCUT2D eigenvalue weighted by Gasteiger charge is 2.25. The Bertz CT molecular complexity index is 639. The molecule has 0 saturated carbocycles. The molecule has 6 nitrogen and oxygen atoms in total. The van der Waals surface area contributed by atoms with Crippen molar-refractivity contribution in [3.05, 3.63) is 35.9 Å². The SMILES string of the molecule is CNCC(=O)N1CCC(CCC(=O)NC2CCN(Cc3ccccc3)C2)CC1.Cl.Cl. The number of nitrogens with one attached hydrogen (secondary N) is 2. The lowest BCUT2D eigenvalue weighted by Crippen LogP contribution is -2.42. The van der Waals surface area contributed by atoms with Crippen LogP contribution in [0.2, 0.25) is 0 Å². The van der Waals surface area contributed by atoms with E-state index in [4.69, 9.17) is 0 Å². The first-order chi connectivity index (χ1) is 13.6. The Balaban J connectivity index is 0.00000225. The number of benzene rings is 1. The first-order valence-electron chi connectivity index (χ1n) is 10.6. The molecular formula is C22H36Cl2N4O2. The Morgan fingerprint density at radius 3 is 2.40 bits per heavy atom. The number of nitrogens with zero attached hydrogens (tertiary/aromatic N) is 2. The molecule has 0 aliphatic carbocycles. The molecule has 0 bridgehead atoms. The number of likely N-dealkylation sites (N-methyl/N-ethyl adjacent to an activating group) is 1. The second-order valence-electron chi connectivity index (χ2n) is 8.17. The Hall–Kier alpha value is -1.34. The maximum absolute atomic E-state index is 12.4. The van der Waals surface area contributed by atoms with E-state index < -0.39 is 0 Å². The van der Waals surface area contributed by atoms with E-state index in [1.54, 1.807) is 7.05 Å². The Labute approximate surface area is 193 Å². The summed E-state index contributed by atoms with van der Waals surface area (Å²) in [4.78, 5) is 28.6. The summed E-state index contributed by atoms with van der Waals surface area (Å²) >= 11 is 0. The summed E-state index contributed by atoms with van der Waals surface area (Å²) in [7, 11) is 1.80. The first kappa shape index (κ1) is 26.7. The van der Waals surface area contributed by atoms with Crippen LogP contribution < -0.4 is 10.6 Å². The molecule has 2 fully saturated rings. The molecule has 3 rings (SSSR count). The number of piperidine rings is 1. The number of hydrogen-bond donors (Lipinski definition) is 2. The van der Waals surface area contributed by atoms with Crippen molar-refractivity contribution in [1.29, 1.82) is 0 Å². The van der Waals surface area contributed by atoms with Gasteiger partial charge in [-0.15, -0.1) is 24.8 Å². The quantitative estimate of drug-likeness (QED) is 0.627. The lowest BCUT2D eigenvalue weighted by Gasteiger charge is -2.32. The van der Waals surface area contributed by atoms with Gasteiger partial charge in [0.1, 0.15) is 0 Å². The van der Waals surface area contributed by atoms with Crippen LogP contribution in [0.4, 0.5) is 0 Å². The van der Waals surface area contributed by atoms with Crippen molar-refractivity contribution in [2.75, 3.05) is 39.8 Å². The highest BCUT2D eigenvalue weighted by molar-refractivity contribution is 5.85. The molecule has 0 radical (unpaired) electrons. The van der Waals surface area contributed by atoms with Gasteiger partial charge in [-0.25, -0.2) is 0 Å². The average Bonchev–Trinajstić information content (AvgIpc) is 3.14. The van der Waals surface area contributed by atoms with Crippen LogP contribution >= 0.6 is 24.8 Å². The number of rotatable bonds is 8. The van der Waals surface area contributed by atoms with Crippen molar-refractivity contribution in [2.45, 2.75) is 44.7 Å². The van der Waals surface area contributed by atoms with Gasteiger partial charge < -0.3 is 15.5 Å². The summed E-state index contributed by atoms with van der Waals surface area (Å²) in [5, 5.41) is 6.14. The summed E-state index contributed by atoms with van der Waals surface area (Å²) in [5.74, 6) is 0.919. The van der Waals surface area contributed by atoms with Crippen LogP contribution in [0.25, 0.3) is 0 Å². The predicted octanol–water partition coefficient (Wildman–Crippen LogP) is 2.46. The maximum atomic E-state index is 12.4. The minimum absolute atomic E-state index is 0. The predicted molar refractivity (Wildman–Crippen MR) is 125 cm³/mol. The van der Waals surface area contributed by atoms with Gasteiger partial charge in [0, 0.05) is 45.2 Å². The third-order valence-electron chi connectivity index (χ3n) is 5.96. The van der Waals surface area contributed by atoms with Crippen LogP contribution in [0.5, 0.6) is 0 Å². The van der Waals surface area contributed by atoms with Crippen molar-refractivity contribution >= 4 is 36.6 Å². The molecule has 2 saturated heterocycles. The summed E-state index contributed by atoms with van der Waals surface area (Å²) in [6, 6.07) is 10.8. The van der Waals surface area contributed by atoms with Crippen molar-refractivity contribution in [1.82, 2.24) is 20.4 Å². The molecule has 8 heteroatoms. The number of amides is 2. The third-order valence-corrected chi connectivity index (χ3v) is 5.96. The molecule has 30 heavy (non-hydrogen) atoms. The van der Waals surface area contributed by atoms with Crippen LogP contribution in [0, 0.1) is 5.92 Å². The topological polar surface area (TPSA) is 64.7 Å². The molecule has 2 N–H and O–H groups in total.